The van der Waals surface area contributed by atoms with Crippen molar-refractivity contribution in [1.82, 2.24) is 0 Å². The molecule has 1 rings (SSSR count). The molecule has 0 saturated heterocycles. The van der Waals surface area contributed by atoms with Gasteiger partial charge in [-0.2, -0.15) is 11.8 Å². The lowest BCUT2D eigenvalue weighted by atomic mass is 10.1. The van der Waals surface area contributed by atoms with E-state index in [1.54, 1.807) is 13.2 Å². The minimum absolute atomic E-state index is 0.121. The standard InChI is InChI=1S/C12H16O4S/c1-16-10-4-2-3-9(7-10)11(13)8-17-6-5-12(14)15/h2-4,7,11,13H,5-6,8H2,1H3,(H,14,15). The number of aliphatic hydroxyl groups is 1. The van der Waals surface area contributed by atoms with E-state index in [-0.39, 0.29) is 6.42 Å². The van der Waals surface area contributed by atoms with E-state index >= 15 is 0 Å². The van der Waals surface area contributed by atoms with Crippen molar-refractivity contribution in [2.75, 3.05) is 18.6 Å². The zero-order valence-electron chi connectivity index (χ0n) is 9.63. The third-order valence-electron chi connectivity index (χ3n) is 2.21. The molecule has 17 heavy (non-hydrogen) atoms. The Hall–Kier alpha value is -1.20. The molecule has 0 aromatic heterocycles. The van der Waals surface area contributed by atoms with Gasteiger partial charge in [0.1, 0.15) is 5.75 Å². The molecular formula is C12H16O4S. The third-order valence-corrected chi connectivity index (χ3v) is 3.26. The maximum Gasteiger partial charge on any atom is 0.304 e. The van der Waals surface area contributed by atoms with Gasteiger partial charge in [0.25, 0.3) is 0 Å². The normalized spacial score (nSPS) is 12.1. The van der Waals surface area contributed by atoms with Crippen molar-refractivity contribution in [3.05, 3.63) is 29.8 Å². The highest BCUT2D eigenvalue weighted by molar-refractivity contribution is 7.99. The maximum absolute atomic E-state index is 10.3. The van der Waals surface area contributed by atoms with E-state index in [0.717, 1.165) is 5.56 Å². The molecule has 0 spiro atoms. The summed E-state index contributed by atoms with van der Waals surface area (Å²) in [6.07, 6.45) is -0.473. The first kappa shape index (κ1) is 13.9. The fourth-order valence-electron chi connectivity index (χ4n) is 1.30. The van der Waals surface area contributed by atoms with Crippen molar-refractivity contribution in [2.24, 2.45) is 0 Å². The molecule has 1 atom stereocenters. The second kappa shape index (κ2) is 7.19. The van der Waals surface area contributed by atoms with Gasteiger partial charge in [-0.3, -0.25) is 4.79 Å². The van der Waals surface area contributed by atoms with E-state index in [0.29, 0.717) is 17.3 Å². The molecule has 0 fully saturated rings. The van der Waals surface area contributed by atoms with Crippen LogP contribution in [0.3, 0.4) is 0 Å². The van der Waals surface area contributed by atoms with Gasteiger partial charge in [-0.05, 0) is 17.7 Å². The summed E-state index contributed by atoms with van der Waals surface area (Å²) >= 11 is 1.43. The van der Waals surface area contributed by atoms with Gasteiger partial charge in [0.15, 0.2) is 0 Å². The van der Waals surface area contributed by atoms with Crippen molar-refractivity contribution in [3.63, 3.8) is 0 Å². The van der Waals surface area contributed by atoms with Gasteiger partial charge in [-0.1, -0.05) is 12.1 Å². The Balaban J connectivity index is 2.40. The lowest BCUT2D eigenvalue weighted by molar-refractivity contribution is -0.136. The summed E-state index contributed by atoms with van der Waals surface area (Å²) in [6.45, 7) is 0. The van der Waals surface area contributed by atoms with Gasteiger partial charge in [0.05, 0.1) is 19.6 Å². The van der Waals surface area contributed by atoms with Crippen LogP contribution in [-0.2, 0) is 4.79 Å². The van der Waals surface area contributed by atoms with Gasteiger partial charge >= 0.3 is 5.97 Å². The first-order chi connectivity index (χ1) is 8.13. The average Bonchev–Trinajstić information content (AvgIpc) is 2.34. The van der Waals surface area contributed by atoms with E-state index in [1.807, 2.05) is 18.2 Å². The molecule has 0 saturated carbocycles. The number of carbonyl (C=O) groups is 1. The monoisotopic (exact) mass is 256 g/mol. The number of rotatable bonds is 7. The predicted molar refractivity (Wildman–Crippen MR) is 67.5 cm³/mol. The zero-order chi connectivity index (χ0) is 12.7. The van der Waals surface area contributed by atoms with E-state index < -0.39 is 12.1 Å². The summed E-state index contributed by atoms with van der Waals surface area (Å²) in [5.41, 5.74) is 0.784. The molecule has 0 heterocycles. The molecule has 0 bridgehead atoms. The number of hydrogen-bond donors (Lipinski definition) is 2. The van der Waals surface area contributed by atoms with Crippen LogP contribution in [0.1, 0.15) is 18.1 Å². The maximum atomic E-state index is 10.3. The number of carboxylic acids is 1. The summed E-state index contributed by atoms with van der Waals surface area (Å²) < 4.78 is 5.07. The Kier molecular flexibility index (Phi) is 5.86. The molecule has 1 unspecified atom stereocenters. The van der Waals surface area contributed by atoms with Gasteiger partial charge in [-0.15, -0.1) is 0 Å². The van der Waals surface area contributed by atoms with E-state index in [2.05, 4.69) is 0 Å². The van der Waals surface area contributed by atoms with Crippen molar-refractivity contribution < 1.29 is 19.7 Å². The van der Waals surface area contributed by atoms with Crippen LogP contribution in [0, 0.1) is 0 Å². The third kappa shape index (κ3) is 5.10. The molecule has 0 amide bonds. The van der Waals surface area contributed by atoms with Crippen LogP contribution < -0.4 is 4.74 Å². The van der Waals surface area contributed by atoms with Crippen molar-refractivity contribution >= 4 is 17.7 Å². The van der Waals surface area contributed by atoms with Gasteiger partial charge < -0.3 is 14.9 Å². The fourth-order valence-corrected chi connectivity index (χ4v) is 2.20. The molecule has 0 aliphatic heterocycles. The molecule has 1 aromatic carbocycles. The number of thioether (sulfide) groups is 1. The summed E-state index contributed by atoms with van der Waals surface area (Å²) in [5, 5.41) is 18.4. The molecular weight excluding hydrogens is 240 g/mol. The van der Waals surface area contributed by atoms with Gasteiger partial charge in [0, 0.05) is 11.5 Å². The highest BCUT2D eigenvalue weighted by Crippen LogP contribution is 2.22. The quantitative estimate of drug-likeness (QED) is 0.730. The number of aliphatic carboxylic acids is 1. The molecule has 0 aliphatic rings. The van der Waals surface area contributed by atoms with Crippen LogP contribution in [0.15, 0.2) is 24.3 Å². The van der Waals surface area contributed by atoms with E-state index in [9.17, 15) is 9.90 Å². The Bertz CT molecular complexity index is 367. The Morgan fingerprint density at radius 3 is 2.94 bits per heavy atom. The topological polar surface area (TPSA) is 66.8 Å². The average molecular weight is 256 g/mol. The molecule has 0 aliphatic carbocycles. The smallest absolute Gasteiger partial charge is 0.304 e. The molecule has 4 nitrogen and oxygen atoms in total. The number of hydrogen-bond acceptors (Lipinski definition) is 4. The zero-order valence-corrected chi connectivity index (χ0v) is 10.4. The summed E-state index contributed by atoms with van der Waals surface area (Å²) in [7, 11) is 1.58. The predicted octanol–water partition coefficient (Wildman–Crippen LogP) is 1.94. The second-order valence-electron chi connectivity index (χ2n) is 3.51. The van der Waals surface area contributed by atoms with E-state index in [4.69, 9.17) is 9.84 Å². The van der Waals surface area contributed by atoms with Crippen LogP contribution in [0.5, 0.6) is 5.75 Å². The summed E-state index contributed by atoms with van der Waals surface area (Å²) in [5.74, 6) is 0.891. The SMILES string of the molecule is COc1cccc(C(O)CSCCC(=O)O)c1. The number of methoxy groups -OCH3 is 1. The second-order valence-corrected chi connectivity index (χ2v) is 4.66. The first-order valence-corrected chi connectivity index (χ1v) is 6.40. The highest BCUT2D eigenvalue weighted by atomic mass is 32.2. The number of ether oxygens (including phenoxy) is 1. The number of carboxylic acid groups (broad SMARTS) is 1. The summed E-state index contributed by atoms with van der Waals surface area (Å²) in [6, 6.07) is 7.24. The molecule has 94 valence electrons. The first-order valence-electron chi connectivity index (χ1n) is 5.25. The van der Waals surface area contributed by atoms with Crippen LogP contribution >= 0.6 is 11.8 Å². The van der Waals surface area contributed by atoms with Crippen molar-refractivity contribution in [3.8, 4) is 5.75 Å². The van der Waals surface area contributed by atoms with Crippen LogP contribution in [0.2, 0.25) is 0 Å². The highest BCUT2D eigenvalue weighted by Gasteiger charge is 2.08. The van der Waals surface area contributed by atoms with Gasteiger partial charge in [-0.25, -0.2) is 0 Å². The van der Waals surface area contributed by atoms with E-state index in [1.165, 1.54) is 11.8 Å². The van der Waals surface area contributed by atoms with Crippen LogP contribution in [0.4, 0.5) is 0 Å². The minimum Gasteiger partial charge on any atom is -0.497 e. The summed E-state index contributed by atoms with van der Waals surface area (Å²) in [4.78, 5) is 10.3. The number of benzene rings is 1. The number of aliphatic hydroxyl groups excluding tert-OH is 1. The van der Waals surface area contributed by atoms with Crippen molar-refractivity contribution in [1.29, 1.82) is 0 Å². The Morgan fingerprint density at radius 1 is 1.53 bits per heavy atom. The lowest BCUT2D eigenvalue weighted by Gasteiger charge is -2.11. The largest absolute Gasteiger partial charge is 0.497 e. The van der Waals surface area contributed by atoms with Gasteiger partial charge in [0.2, 0.25) is 0 Å². The fraction of sp³-hybridized carbons (Fsp3) is 0.417. The molecule has 5 heteroatoms. The van der Waals surface area contributed by atoms with Crippen LogP contribution in [0.25, 0.3) is 0 Å². The minimum atomic E-state index is -0.812. The molecule has 0 radical (unpaired) electrons. The molecule has 1 aromatic rings. The molecule has 2 N–H and O–H groups in total. The Labute approximate surface area is 105 Å². The van der Waals surface area contributed by atoms with Crippen LogP contribution in [-0.4, -0.2) is 34.8 Å². The lowest BCUT2D eigenvalue weighted by Crippen LogP contribution is -2.03. The van der Waals surface area contributed by atoms with Crippen molar-refractivity contribution in [2.45, 2.75) is 12.5 Å². The Morgan fingerprint density at radius 2 is 2.29 bits per heavy atom.